The summed E-state index contributed by atoms with van der Waals surface area (Å²) in [5.74, 6) is -1.37. The molecule has 0 aromatic heterocycles. The van der Waals surface area contributed by atoms with Crippen LogP contribution in [-0.2, 0) is 42.7 Å². The van der Waals surface area contributed by atoms with E-state index in [-0.39, 0.29) is 58.0 Å². The number of allylic oxidation sites excluding steroid dienone is 2. The molecule has 9 rings (SSSR count). The van der Waals surface area contributed by atoms with Crippen LogP contribution in [0.1, 0.15) is 113 Å². The number of carboxylic acid groups (broad SMARTS) is 1. The minimum absolute atomic E-state index is 0.0346. The molecule has 77 heavy (non-hydrogen) atoms. The van der Waals surface area contributed by atoms with Gasteiger partial charge in [-0.25, -0.2) is 4.79 Å². The average molecular weight is 1110 g/mol. The molecular formula is C54H88O23. The largest absolute Gasteiger partial charge is 0.479 e. The van der Waals surface area contributed by atoms with Gasteiger partial charge >= 0.3 is 5.97 Å². The van der Waals surface area contributed by atoms with E-state index in [1.165, 1.54) is 12.5 Å². The van der Waals surface area contributed by atoms with E-state index in [4.69, 9.17) is 37.9 Å². The second-order valence-corrected chi connectivity index (χ2v) is 26.2. The van der Waals surface area contributed by atoms with Gasteiger partial charge in [0.15, 0.2) is 31.3 Å². The standard InChI is InChI=1S/C54H88O23/c1-23-31(58)34(61)40(67)46(71-23)76-42-36(63)33(60)27(20-56)73-47(42)77-43-38(65)37(64)41(44(68)69)75-48(43)74-30-11-12-51(4)28(52(30,5)21-57)10-13-54(7)29(51)9-8-24-25-18-49(2,14-15-50(25,3)16-17-53(24,54)6)22-70-45-39(66)35(62)32(59)26(19-55)72-45/h8,23,25-43,45-48,55-67H,9-22H2,1-7H3,(H,68,69). The predicted molar refractivity (Wildman–Crippen MR) is 263 cm³/mol. The van der Waals surface area contributed by atoms with E-state index in [9.17, 15) is 76.3 Å². The van der Waals surface area contributed by atoms with Crippen LogP contribution in [-0.4, -0.2) is 233 Å². The molecule has 14 N–H and O–H groups in total. The van der Waals surface area contributed by atoms with E-state index in [2.05, 4.69) is 40.7 Å². The highest BCUT2D eigenvalue weighted by atomic mass is 16.8. The zero-order valence-corrected chi connectivity index (χ0v) is 45.3. The van der Waals surface area contributed by atoms with Crippen LogP contribution < -0.4 is 0 Å². The summed E-state index contributed by atoms with van der Waals surface area (Å²) in [6.07, 6.45) is -23.9. The SMILES string of the molecule is CC1OC(OC2C(OC3C(OC4CCC5(C)C(CCC6(C)C5CC=C5C7CC(C)(COC8OC(CO)C(O)C(O)C8O)CCC7(C)CCC56C)C4(C)CO)OC(C(=O)O)C(O)C3O)OC(CO)C(O)C2O)C(O)C(O)C1O. The van der Waals surface area contributed by atoms with Gasteiger partial charge in [-0.05, 0) is 116 Å². The second-order valence-electron chi connectivity index (χ2n) is 26.2. The maximum atomic E-state index is 12.6. The number of aliphatic carboxylic acids is 1. The Kier molecular flexibility index (Phi) is 17.0. The first-order valence-corrected chi connectivity index (χ1v) is 27.8. The number of carboxylic acids is 1. The summed E-state index contributed by atoms with van der Waals surface area (Å²) in [7, 11) is 0. The molecular weight excluding hydrogens is 1020 g/mol. The quantitative estimate of drug-likeness (QED) is 0.0739. The third-order valence-corrected chi connectivity index (χ3v) is 21.8. The highest BCUT2D eigenvalue weighted by molar-refractivity contribution is 5.73. The van der Waals surface area contributed by atoms with Gasteiger partial charge in [-0.15, -0.1) is 0 Å². The van der Waals surface area contributed by atoms with Gasteiger partial charge in [-0.2, -0.15) is 0 Å². The summed E-state index contributed by atoms with van der Waals surface area (Å²) in [6, 6.07) is 0. The number of ether oxygens (including phenoxy) is 8. The summed E-state index contributed by atoms with van der Waals surface area (Å²) >= 11 is 0. The van der Waals surface area contributed by atoms with E-state index >= 15 is 0 Å². The molecule has 0 aromatic rings. The molecule has 4 saturated carbocycles. The highest BCUT2D eigenvalue weighted by Gasteiger charge is 2.69. The lowest BCUT2D eigenvalue weighted by Crippen LogP contribution is -2.68. The topological polar surface area (TPSA) is 374 Å². The molecule has 4 saturated heterocycles. The van der Waals surface area contributed by atoms with Crippen LogP contribution in [0, 0.1) is 50.2 Å². The first-order chi connectivity index (χ1) is 36.1. The number of carbonyl (C=O) groups is 1. The summed E-state index contributed by atoms with van der Waals surface area (Å²) in [4.78, 5) is 12.6. The Bertz CT molecular complexity index is 2120. The van der Waals surface area contributed by atoms with Gasteiger partial charge in [0.2, 0.25) is 0 Å². The molecule has 9 aliphatic rings. The lowest BCUT2D eigenvalue weighted by Gasteiger charge is -2.71. The maximum Gasteiger partial charge on any atom is 0.335 e. The lowest BCUT2D eigenvalue weighted by molar-refractivity contribution is -0.396. The van der Waals surface area contributed by atoms with Crippen molar-refractivity contribution in [3.8, 4) is 0 Å². The molecule has 4 heterocycles. The van der Waals surface area contributed by atoms with Crippen LogP contribution in [0.3, 0.4) is 0 Å². The Morgan fingerprint density at radius 3 is 1.81 bits per heavy atom. The van der Waals surface area contributed by atoms with E-state index < -0.39 is 154 Å². The predicted octanol–water partition coefficient (Wildman–Crippen LogP) is -1.47. The van der Waals surface area contributed by atoms with Crippen LogP contribution in [0.25, 0.3) is 0 Å². The third-order valence-electron chi connectivity index (χ3n) is 21.8. The minimum atomic E-state index is -2.10. The fraction of sp³-hybridized carbons (Fsp3) is 0.944. The normalized spacial score (nSPS) is 56.0. The molecule has 8 fully saturated rings. The third kappa shape index (κ3) is 9.90. The van der Waals surface area contributed by atoms with E-state index in [0.29, 0.717) is 19.3 Å². The number of rotatable bonds is 13. The Balaban J connectivity index is 0.955. The van der Waals surface area contributed by atoms with Crippen LogP contribution in [0.4, 0.5) is 0 Å². The van der Waals surface area contributed by atoms with Gasteiger partial charge < -0.3 is 109 Å². The van der Waals surface area contributed by atoms with Crippen LogP contribution in [0.2, 0.25) is 0 Å². The van der Waals surface area contributed by atoms with Crippen molar-refractivity contribution in [2.45, 2.75) is 242 Å². The zero-order valence-electron chi connectivity index (χ0n) is 45.3. The van der Waals surface area contributed by atoms with Crippen molar-refractivity contribution < 1.29 is 114 Å². The first-order valence-electron chi connectivity index (χ1n) is 27.8. The summed E-state index contributed by atoms with van der Waals surface area (Å²) in [6.45, 7) is 13.6. The number of aliphatic hydroxyl groups is 13. The van der Waals surface area contributed by atoms with E-state index in [1.807, 2.05) is 6.92 Å². The number of hydrogen-bond donors (Lipinski definition) is 14. The minimum Gasteiger partial charge on any atom is -0.479 e. The van der Waals surface area contributed by atoms with Gasteiger partial charge in [-0.1, -0.05) is 53.2 Å². The Morgan fingerprint density at radius 1 is 0.597 bits per heavy atom. The molecule has 5 aliphatic carbocycles. The molecule has 0 bridgehead atoms. The summed E-state index contributed by atoms with van der Waals surface area (Å²) in [5, 5.41) is 150. The Labute approximate surface area is 449 Å². The number of fused-ring (bicyclic) bond motifs is 7. The number of hydrogen-bond acceptors (Lipinski definition) is 22. The zero-order chi connectivity index (χ0) is 56.3. The molecule has 0 aromatic carbocycles. The summed E-state index contributed by atoms with van der Waals surface area (Å²) in [5.41, 5.74) is -0.531. The molecule has 0 amide bonds. The van der Waals surface area contributed by atoms with E-state index in [0.717, 1.165) is 44.9 Å². The molecule has 0 spiro atoms. The molecule has 23 heteroatoms. The highest BCUT2D eigenvalue weighted by Crippen LogP contribution is 2.76. The van der Waals surface area contributed by atoms with Crippen LogP contribution in [0.15, 0.2) is 11.6 Å². The van der Waals surface area contributed by atoms with E-state index in [1.54, 1.807) is 0 Å². The van der Waals surface area contributed by atoms with Crippen LogP contribution in [0.5, 0.6) is 0 Å². The second kappa shape index (κ2) is 21.8. The smallest absolute Gasteiger partial charge is 0.335 e. The fourth-order valence-corrected chi connectivity index (χ4v) is 16.5. The maximum absolute atomic E-state index is 12.6. The van der Waals surface area contributed by atoms with Gasteiger partial charge in [0, 0.05) is 5.41 Å². The molecule has 442 valence electrons. The van der Waals surface area contributed by atoms with Gasteiger partial charge in [0.1, 0.15) is 85.5 Å². The van der Waals surface area contributed by atoms with Crippen molar-refractivity contribution in [3.05, 3.63) is 11.6 Å². The van der Waals surface area contributed by atoms with Crippen LogP contribution >= 0.6 is 0 Å². The first kappa shape index (κ1) is 60.0. The number of aliphatic hydroxyl groups excluding tert-OH is 13. The fourth-order valence-electron chi connectivity index (χ4n) is 16.5. The van der Waals surface area contributed by atoms with Crippen molar-refractivity contribution in [1.29, 1.82) is 0 Å². The molecule has 23 nitrogen and oxygen atoms in total. The van der Waals surface area contributed by atoms with Crippen molar-refractivity contribution in [1.82, 2.24) is 0 Å². The van der Waals surface area contributed by atoms with Crippen molar-refractivity contribution in [2.24, 2.45) is 50.2 Å². The molecule has 4 aliphatic heterocycles. The Morgan fingerprint density at radius 2 is 1.17 bits per heavy atom. The van der Waals surface area contributed by atoms with Gasteiger partial charge in [-0.3, -0.25) is 0 Å². The molecule has 0 radical (unpaired) electrons. The lowest BCUT2D eigenvalue weighted by atomic mass is 9.33. The monoisotopic (exact) mass is 1100 g/mol. The Hall–Kier alpha value is -1.63. The average Bonchev–Trinajstić information content (AvgIpc) is 3.56. The van der Waals surface area contributed by atoms with Gasteiger partial charge in [0.05, 0.1) is 38.6 Å². The molecule has 30 unspecified atom stereocenters. The van der Waals surface area contributed by atoms with Crippen molar-refractivity contribution in [3.63, 3.8) is 0 Å². The van der Waals surface area contributed by atoms with Crippen molar-refractivity contribution in [2.75, 3.05) is 26.4 Å². The molecule has 30 atom stereocenters. The summed E-state index contributed by atoms with van der Waals surface area (Å²) < 4.78 is 48.3. The van der Waals surface area contributed by atoms with Crippen molar-refractivity contribution >= 4 is 5.97 Å². The van der Waals surface area contributed by atoms with Gasteiger partial charge in [0.25, 0.3) is 0 Å².